The van der Waals surface area contributed by atoms with Gasteiger partial charge in [-0.25, -0.2) is 0 Å². The number of ether oxygens (including phenoxy) is 2. The van der Waals surface area contributed by atoms with Crippen LogP contribution in [-0.2, 0) is 6.54 Å². The molecular formula is C19H22N2O2. The summed E-state index contributed by atoms with van der Waals surface area (Å²) in [6.07, 6.45) is 4.03. The van der Waals surface area contributed by atoms with Crippen molar-refractivity contribution in [2.75, 3.05) is 20.4 Å². The lowest BCUT2D eigenvalue weighted by Crippen LogP contribution is -2.20. The van der Waals surface area contributed by atoms with Gasteiger partial charge in [0, 0.05) is 24.5 Å². The fourth-order valence-corrected chi connectivity index (χ4v) is 2.77. The summed E-state index contributed by atoms with van der Waals surface area (Å²) in [6.45, 7) is 4.30. The molecule has 23 heavy (non-hydrogen) atoms. The van der Waals surface area contributed by atoms with Crippen molar-refractivity contribution in [2.45, 2.75) is 13.5 Å². The monoisotopic (exact) mass is 310 g/mol. The molecule has 120 valence electrons. The molecule has 4 heteroatoms. The van der Waals surface area contributed by atoms with E-state index in [2.05, 4.69) is 34.6 Å². The molecule has 0 spiro atoms. The Balaban J connectivity index is 2.02. The van der Waals surface area contributed by atoms with Crippen LogP contribution in [0.15, 0.2) is 54.9 Å². The van der Waals surface area contributed by atoms with E-state index in [1.165, 1.54) is 11.1 Å². The Bertz CT molecular complexity index is 698. The highest BCUT2D eigenvalue weighted by Gasteiger charge is 2.14. The molecule has 1 aliphatic rings. The molecule has 2 aromatic carbocycles. The van der Waals surface area contributed by atoms with E-state index < -0.39 is 0 Å². The molecule has 1 N–H and O–H groups in total. The summed E-state index contributed by atoms with van der Waals surface area (Å²) in [5, 5.41) is 3.20. The van der Waals surface area contributed by atoms with E-state index in [9.17, 15) is 0 Å². The number of benzene rings is 2. The van der Waals surface area contributed by atoms with Gasteiger partial charge in [0.15, 0.2) is 0 Å². The molecule has 0 unspecified atom stereocenters. The topological polar surface area (TPSA) is 33.7 Å². The van der Waals surface area contributed by atoms with Crippen LogP contribution in [0.4, 0.5) is 0 Å². The molecule has 0 saturated heterocycles. The maximum absolute atomic E-state index is 5.80. The largest absolute Gasteiger partial charge is 0.497 e. The van der Waals surface area contributed by atoms with Gasteiger partial charge in [-0.2, -0.15) is 0 Å². The zero-order valence-corrected chi connectivity index (χ0v) is 13.6. The van der Waals surface area contributed by atoms with Gasteiger partial charge in [0.2, 0.25) is 0 Å². The lowest BCUT2D eigenvalue weighted by Gasteiger charge is -2.20. The summed E-state index contributed by atoms with van der Waals surface area (Å²) >= 11 is 0. The molecule has 2 aromatic rings. The third-order valence-electron chi connectivity index (χ3n) is 3.86. The molecule has 0 radical (unpaired) electrons. The Kier molecular flexibility index (Phi) is 4.71. The summed E-state index contributed by atoms with van der Waals surface area (Å²) in [6, 6.07) is 14.4. The molecule has 3 rings (SSSR count). The Morgan fingerprint density at radius 2 is 2.00 bits per heavy atom. The summed E-state index contributed by atoms with van der Waals surface area (Å²) in [5.74, 6) is 1.78. The quantitative estimate of drug-likeness (QED) is 0.884. The molecule has 0 saturated carbocycles. The van der Waals surface area contributed by atoms with Gasteiger partial charge in [-0.1, -0.05) is 24.3 Å². The Labute approximate surface area is 137 Å². The van der Waals surface area contributed by atoms with Crippen molar-refractivity contribution in [3.63, 3.8) is 0 Å². The highest BCUT2D eigenvalue weighted by Crippen LogP contribution is 2.34. The molecule has 4 nitrogen and oxygen atoms in total. The van der Waals surface area contributed by atoms with Crippen molar-refractivity contribution >= 4 is 0 Å². The number of nitrogens with zero attached hydrogens (tertiary/aromatic N) is 1. The lowest BCUT2D eigenvalue weighted by atomic mass is 9.98. The van der Waals surface area contributed by atoms with Crippen LogP contribution in [0.1, 0.15) is 12.5 Å². The third-order valence-corrected chi connectivity index (χ3v) is 3.86. The van der Waals surface area contributed by atoms with Crippen LogP contribution in [0.2, 0.25) is 0 Å². The van der Waals surface area contributed by atoms with Crippen LogP contribution in [0.3, 0.4) is 0 Å². The first-order valence-corrected chi connectivity index (χ1v) is 7.85. The number of hydrogen-bond donors (Lipinski definition) is 1. The number of methoxy groups -OCH3 is 1. The molecule has 0 aromatic heterocycles. The van der Waals surface area contributed by atoms with Crippen LogP contribution >= 0.6 is 0 Å². The molecule has 0 aliphatic carbocycles. The third kappa shape index (κ3) is 3.42. The summed E-state index contributed by atoms with van der Waals surface area (Å²) in [7, 11) is 1.70. The van der Waals surface area contributed by atoms with Crippen molar-refractivity contribution in [1.29, 1.82) is 0 Å². The maximum Gasteiger partial charge on any atom is 0.127 e. The second-order valence-corrected chi connectivity index (χ2v) is 5.38. The van der Waals surface area contributed by atoms with Crippen molar-refractivity contribution < 1.29 is 9.47 Å². The predicted octanol–water partition coefficient (Wildman–Crippen LogP) is 3.59. The number of nitrogens with one attached hydrogen (secondary N) is 1. The first kappa shape index (κ1) is 15.3. The van der Waals surface area contributed by atoms with Gasteiger partial charge in [0.1, 0.15) is 11.5 Å². The smallest absolute Gasteiger partial charge is 0.127 e. The van der Waals surface area contributed by atoms with Crippen molar-refractivity contribution in [3.8, 4) is 22.6 Å². The normalized spacial score (nSPS) is 13.0. The molecule has 0 bridgehead atoms. The van der Waals surface area contributed by atoms with Gasteiger partial charge in [0.05, 0.1) is 20.4 Å². The lowest BCUT2D eigenvalue weighted by molar-refractivity contribution is 0.341. The van der Waals surface area contributed by atoms with Crippen LogP contribution in [0.25, 0.3) is 11.1 Å². The van der Waals surface area contributed by atoms with Gasteiger partial charge >= 0.3 is 0 Å². The fourth-order valence-electron chi connectivity index (χ4n) is 2.77. The number of para-hydroxylation sites is 1. The highest BCUT2D eigenvalue weighted by atomic mass is 16.5. The van der Waals surface area contributed by atoms with Crippen LogP contribution in [0, 0.1) is 0 Å². The van der Waals surface area contributed by atoms with E-state index in [1.54, 1.807) is 7.11 Å². The van der Waals surface area contributed by atoms with E-state index in [0.29, 0.717) is 6.61 Å². The maximum atomic E-state index is 5.80. The van der Waals surface area contributed by atoms with Crippen LogP contribution in [-0.4, -0.2) is 25.3 Å². The number of rotatable bonds is 6. The minimum absolute atomic E-state index is 0.654. The van der Waals surface area contributed by atoms with Crippen LogP contribution < -0.4 is 14.8 Å². The average molecular weight is 310 g/mol. The average Bonchev–Trinajstić information content (AvgIpc) is 3.09. The minimum atomic E-state index is 0.654. The minimum Gasteiger partial charge on any atom is -0.497 e. The van der Waals surface area contributed by atoms with Crippen LogP contribution in [0.5, 0.6) is 11.5 Å². The molecule has 0 fully saturated rings. The standard InChI is InChI=1S/C19H22N2O2/c1-3-23-19-7-5-4-6-18(19)17-9-8-16(22-2)12-15(17)13-21-11-10-20-14-21/h4-12,20H,3,13-14H2,1-2H3. The van der Waals surface area contributed by atoms with Gasteiger partial charge in [0.25, 0.3) is 0 Å². The van der Waals surface area contributed by atoms with Gasteiger partial charge in [-0.3, -0.25) is 0 Å². The van der Waals surface area contributed by atoms with Gasteiger partial charge in [-0.15, -0.1) is 0 Å². The number of hydrogen-bond acceptors (Lipinski definition) is 4. The second kappa shape index (κ2) is 7.09. The van der Waals surface area contributed by atoms with E-state index in [0.717, 1.165) is 30.3 Å². The summed E-state index contributed by atoms with van der Waals surface area (Å²) < 4.78 is 11.2. The Hall–Kier alpha value is -2.62. The highest BCUT2D eigenvalue weighted by molar-refractivity contribution is 5.74. The van der Waals surface area contributed by atoms with Crippen molar-refractivity contribution in [3.05, 3.63) is 60.4 Å². The molecule has 0 amide bonds. The van der Waals surface area contributed by atoms with Crippen molar-refractivity contribution in [2.24, 2.45) is 0 Å². The van der Waals surface area contributed by atoms with E-state index in [-0.39, 0.29) is 0 Å². The van der Waals surface area contributed by atoms with Gasteiger partial charge < -0.3 is 19.7 Å². The first-order chi connectivity index (χ1) is 11.3. The molecule has 1 aliphatic heterocycles. The SMILES string of the molecule is CCOc1ccccc1-c1ccc(OC)cc1CN1C=CNC1. The van der Waals surface area contributed by atoms with Crippen molar-refractivity contribution in [1.82, 2.24) is 10.2 Å². The Morgan fingerprint density at radius 3 is 2.74 bits per heavy atom. The first-order valence-electron chi connectivity index (χ1n) is 7.85. The zero-order valence-electron chi connectivity index (χ0n) is 13.6. The summed E-state index contributed by atoms with van der Waals surface area (Å²) in [4.78, 5) is 2.22. The predicted molar refractivity (Wildman–Crippen MR) is 92.3 cm³/mol. The fraction of sp³-hybridized carbons (Fsp3) is 0.263. The molecular weight excluding hydrogens is 288 g/mol. The second-order valence-electron chi connectivity index (χ2n) is 5.38. The Morgan fingerprint density at radius 1 is 1.13 bits per heavy atom. The van der Waals surface area contributed by atoms with E-state index >= 15 is 0 Å². The summed E-state index contributed by atoms with van der Waals surface area (Å²) in [5.41, 5.74) is 3.50. The zero-order chi connectivity index (χ0) is 16.1. The van der Waals surface area contributed by atoms with Gasteiger partial charge in [-0.05, 0) is 36.2 Å². The molecule has 1 heterocycles. The van der Waals surface area contributed by atoms with E-state index in [1.807, 2.05) is 37.4 Å². The molecule has 0 atom stereocenters. The van der Waals surface area contributed by atoms with E-state index in [4.69, 9.17) is 9.47 Å².